The van der Waals surface area contributed by atoms with Crippen LogP contribution in [0.3, 0.4) is 0 Å². The highest BCUT2D eigenvalue weighted by atomic mass is 16.5. The second-order valence-corrected chi connectivity index (χ2v) is 5.89. The van der Waals surface area contributed by atoms with Crippen molar-refractivity contribution in [3.8, 4) is 17.4 Å². The van der Waals surface area contributed by atoms with Gasteiger partial charge in [-0.15, -0.1) is 10.2 Å². The Morgan fingerprint density at radius 2 is 1.43 bits per heavy atom. The van der Waals surface area contributed by atoms with Crippen LogP contribution >= 0.6 is 0 Å². The quantitative estimate of drug-likeness (QED) is 0.533. The van der Waals surface area contributed by atoms with Crippen molar-refractivity contribution in [2.24, 2.45) is 0 Å². The fraction of sp³-hybridized carbons (Fsp3) is 0. The van der Waals surface area contributed by atoms with Crippen molar-refractivity contribution in [1.29, 1.82) is 0 Å². The number of rotatable bonds is 5. The van der Waals surface area contributed by atoms with Crippen LogP contribution in [0.1, 0.15) is 0 Å². The molecule has 4 rings (SSSR count). The third kappa shape index (κ3) is 4.34. The Bertz CT molecular complexity index is 1030. The molecule has 0 aliphatic rings. The molecule has 2 N–H and O–H groups in total. The number of hydrogen-bond acceptors (Lipinski definition) is 4. The van der Waals surface area contributed by atoms with E-state index in [-0.39, 0.29) is 6.03 Å². The highest BCUT2D eigenvalue weighted by molar-refractivity contribution is 5.99. The number of anilines is 2. The Morgan fingerprint density at radius 3 is 2.07 bits per heavy atom. The lowest BCUT2D eigenvalue weighted by Crippen LogP contribution is -2.19. The maximum Gasteiger partial charge on any atom is 0.323 e. The molecule has 0 atom stereocenters. The van der Waals surface area contributed by atoms with Crippen LogP contribution in [0, 0.1) is 0 Å². The smallest absolute Gasteiger partial charge is 0.323 e. The molecule has 7 heteroatoms. The van der Waals surface area contributed by atoms with Gasteiger partial charge in [-0.25, -0.2) is 4.79 Å². The molecular formula is C21H17N5O2. The van der Waals surface area contributed by atoms with E-state index in [4.69, 9.17) is 4.74 Å². The van der Waals surface area contributed by atoms with E-state index in [2.05, 4.69) is 20.8 Å². The maximum absolute atomic E-state index is 12.0. The lowest BCUT2D eigenvalue weighted by Gasteiger charge is -2.09. The molecule has 2 heterocycles. The zero-order valence-electron chi connectivity index (χ0n) is 14.8. The summed E-state index contributed by atoms with van der Waals surface area (Å²) in [6, 6.07) is 23.3. The first-order valence-electron chi connectivity index (χ1n) is 8.64. The average molecular weight is 371 g/mol. The van der Waals surface area contributed by atoms with Gasteiger partial charge in [0.25, 0.3) is 0 Å². The SMILES string of the molecule is O=C(Nc1ccccc1)Nc1ccc(Oc2ccc(-n3cccc3)nn2)cc1. The first kappa shape index (κ1) is 17.3. The average Bonchev–Trinajstić information content (AvgIpc) is 3.26. The minimum Gasteiger partial charge on any atom is -0.438 e. The Kier molecular flexibility index (Phi) is 4.97. The minimum atomic E-state index is -0.314. The zero-order valence-corrected chi connectivity index (χ0v) is 14.8. The van der Waals surface area contributed by atoms with E-state index in [1.54, 1.807) is 30.3 Å². The van der Waals surface area contributed by atoms with Gasteiger partial charge in [0.15, 0.2) is 5.82 Å². The van der Waals surface area contributed by atoms with E-state index in [9.17, 15) is 4.79 Å². The van der Waals surface area contributed by atoms with Gasteiger partial charge >= 0.3 is 6.03 Å². The molecule has 4 aromatic rings. The van der Waals surface area contributed by atoms with E-state index >= 15 is 0 Å². The molecule has 0 spiro atoms. The topological polar surface area (TPSA) is 81.1 Å². The number of para-hydroxylation sites is 1. The van der Waals surface area contributed by atoms with Crippen LogP contribution in [-0.4, -0.2) is 20.8 Å². The van der Waals surface area contributed by atoms with Crippen LogP contribution in [0.4, 0.5) is 16.2 Å². The molecule has 0 aliphatic carbocycles. The van der Waals surface area contributed by atoms with Gasteiger partial charge in [0.2, 0.25) is 5.88 Å². The molecule has 0 saturated heterocycles. The van der Waals surface area contributed by atoms with Crippen LogP contribution in [0.25, 0.3) is 5.82 Å². The van der Waals surface area contributed by atoms with Gasteiger partial charge in [-0.1, -0.05) is 18.2 Å². The number of nitrogens with zero attached hydrogens (tertiary/aromatic N) is 3. The lowest BCUT2D eigenvalue weighted by atomic mass is 10.3. The monoisotopic (exact) mass is 371 g/mol. The Hall–Kier alpha value is -4.13. The summed E-state index contributed by atoms with van der Waals surface area (Å²) in [6.45, 7) is 0. The van der Waals surface area contributed by atoms with E-state index in [1.165, 1.54) is 0 Å². The summed E-state index contributed by atoms with van der Waals surface area (Å²) < 4.78 is 7.55. The number of carbonyl (C=O) groups excluding carboxylic acids is 1. The van der Waals surface area contributed by atoms with Crippen LogP contribution in [0.5, 0.6) is 11.6 Å². The second-order valence-electron chi connectivity index (χ2n) is 5.89. The molecule has 2 amide bonds. The largest absolute Gasteiger partial charge is 0.438 e. The van der Waals surface area contributed by atoms with E-state index in [0.29, 0.717) is 23.1 Å². The minimum absolute atomic E-state index is 0.314. The highest BCUT2D eigenvalue weighted by Gasteiger charge is 2.05. The molecule has 2 aromatic carbocycles. The van der Waals surface area contributed by atoms with E-state index in [1.807, 2.05) is 65.5 Å². The number of amides is 2. The zero-order chi connectivity index (χ0) is 19.2. The summed E-state index contributed by atoms with van der Waals surface area (Å²) in [4.78, 5) is 12.0. The summed E-state index contributed by atoms with van der Waals surface area (Å²) in [5.74, 6) is 1.69. The molecule has 28 heavy (non-hydrogen) atoms. The third-order valence-electron chi connectivity index (χ3n) is 3.86. The number of hydrogen-bond donors (Lipinski definition) is 2. The van der Waals surface area contributed by atoms with E-state index in [0.717, 1.165) is 5.69 Å². The number of ether oxygens (including phenoxy) is 1. The first-order valence-corrected chi connectivity index (χ1v) is 8.64. The number of benzene rings is 2. The molecule has 0 radical (unpaired) electrons. The Balaban J connectivity index is 1.35. The van der Waals surface area contributed by atoms with Crippen molar-refractivity contribution >= 4 is 17.4 Å². The van der Waals surface area contributed by atoms with Crippen molar-refractivity contribution in [3.05, 3.63) is 91.3 Å². The standard InChI is InChI=1S/C21H17N5O2/c27-21(22-16-6-2-1-3-7-16)23-17-8-10-18(11-9-17)28-20-13-12-19(24-25-20)26-14-4-5-15-26/h1-15H,(H2,22,23,27). The summed E-state index contributed by atoms with van der Waals surface area (Å²) in [5, 5.41) is 13.7. The highest BCUT2D eigenvalue weighted by Crippen LogP contribution is 2.21. The predicted molar refractivity (Wildman–Crippen MR) is 107 cm³/mol. The molecule has 0 saturated carbocycles. The van der Waals surface area contributed by atoms with Crippen LogP contribution < -0.4 is 15.4 Å². The fourth-order valence-corrected chi connectivity index (χ4v) is 2.53. The lowest BCUT2D eigenvalue weighted by molar-refractivity contribution is 0.262. The van der Waals surface area contributed by atoms with Gasteiger partial charge in [0, 0.05) is 29.8 Å². The van der Waals surface area contributed by atoms with Crippen molar-refractivity contribution in [3.63, 3.8) is 0 Å². The van der Waals surface area contributed by atoms with E-state index < -0.39 is 0 Å². The third-order valence-corrected chi connectivity index (χ3v) is 3.86. The van der Waals surface area contributed by atoms with Crippen molar-refractivity contribution < 1.29 is 9.53 Å². The first-order chi connectivity index (χ1) is 13.8. The second kappa shape index (κ2) is 8.05. The number of aromatic nitrogens is 3. The van der Waals surface area contributed by atoms with Crippen LogP contribution in [0.15, 0.2) is 91.3 Å². The summed E-state index contributed by atoms with van der Waals surface area (Å²) in [7, 11) is 0. The fourth-order valence-electron chi connectivity index (χ4n) is 2.53. The summed E-state index contributed by atoms with van der Waals surface area (Å²) >= 11 is 0. The number of carbonyl (C=O) groups is 1. The number of nitrogens with one attached hydrogen (secondary N) is 2. The van der Waals surface area contributed by atoms with Crippen LogP contribution in [0.2, 0.25) is 0 Å². The van der Waals surface area contributed by atoms with Crippen molar-refractivity contribution in [1.82, 2.24) is 14.8 Å². The number of urea groups is 1. The maximum atomic E-state index is 12.0. The molecule has 0 unspecified atom stereocenters. The molecule has 0 fully saturated rings. The summed E-state index contributed by atoms with van der Waals surface area (Å²) in [6.07, 6.45) is 3.79. The van der Waals surface area contributed by atoms with Gasteiger partial charge in [0.05, 0.1) is 0 Å². The Morgan fingerprint density at radius 1 is 0.750 bits per heavy atom. The Labute approximate surface area is 161 Å². The normalized spacial score (nSPS) is 10.3. The van der Waals surface area contributed by atoms with Gasteiger partial charge in [-0.05, 0) is 54.6 Å². The molecule has 138 valence electrons. The van der Waals surface area contributed by atoms with Gasteiger partial charge in [-0.3, -0.25) is 0 Å². The molecule has 7 nitrogen and oxygen atoms in total. The summed E-state index contributed by atoms with van der Waals surface area (Å²) in [5.41, 5.74) is 1.37. The molecular weight excluding hydrogens is 354 g/mol. The molecule has 0 aliphatic heterocycles. The molecule has 0 bridgehead atoms. The van der Waals surface area contributed by atoms with Crippen LogP contribution in [-0.2, 0) is 0 Å². The predicted octanol–water partition coefficient (Wildman–Crippen LogP) is 4.70. The van der Waals surface area contributed by atoms with Gasteiger partial charge in [-0.2, -0.15) is 0 Å². The van der Waals surface area contributed by atoms with Gasteiger partial charge in [0.1, 0.15) is 5.75 Å². The van der Waals surface area contributed by atoms with Crippen molar-refractivity contribution in [2.45, 2.75) is 0 Å². The van der Waals surface area contributed by atoms with Crippen molar-refractivity contribution in [2.75, 3.05) is 10.6 Å². The van der Waals surface area contributed by atoms with Gasteiger partial charge < -0.3 is 19.9 Å². The molecule has 2 aromatic heterocycles.